The number of rotatable bonds is 9. The summed E-state index contributed by atoms with van der Waals surface area (Å²) >= 11 is 0. The summed E-state index contributed by atoms with van der Waals surface area (Å²) in [5.74, 6) is -0.896. The maximum atomic E-state index is 13.9. The number of halogens is 1. The van der Waals surface area contributed by atoms with Crippen LogP contribution in [0.2, 0.25) is 0 Å². The molecule has 0 saturated carbocycles. The lowest BCUT2D eigenvalue weighted by molar-refractivity contribution is -0.146. The van der Waals surface area contributed by atoms with Gasteiger partial charge in [-0.15, -0.1) is 0 Å². The zero-order valence-corrected chi connectivity index (χ0v) is 16.1. The SMILES string of the molecule is CCOC(=O)COc1ccc(-c2ccc(C)c(F)c2)cc1OCC(=O)OCC. The summed E-state index contributed by atoms with van der Waals surface area (Å²) in [4.78, 5) is 23.1. The van der Waals surface area contributed by atoms with Crippen LogP contribution in [-0.2, 0) is 19.1 Å². The van der Waals surface area contributed by atoms with Gasteiger partial charge in [0.05, 0.1) is 13.2 Å². The number of esters is 2. The summed E-state index contributed by atoms with van der Waals surface area (Å²) in [5, 5.41) is 0. The summed E-state index contributed by atoms with van der Waals surface area (Å²) in [7, 11) is 0. The maximum absolute atomic E-state index is 13.9. The van der Waals surface area contributed by atoms with Crippen molar-refractivity contribution in [3.05, 3.63) is 47.8 Å². The first-order valence-corrected chi connectivity index (χ1v) is 8.92. The lowest BCUT2D eigenvalue weighted by atomic mass is 10.0. The molecule has 0 fully saturated rings. The van der Waals surface area contributed by atoms with Crippen molar-refractivity contribution >= 4 is 11.9 Å². The van der Waals surface area contributed by atoms with Crippen molar-refractivity contribution < 1.29 is 32.9 Å². The van der Waals surface area contributed by atoms with Gasteiger partial charge in [0, 0.05) is 0 Å². The Morgan fingerprint density at radius 1 is 0.821 bits per heavy atom. The summed E-state index contributed by atoms with van der Waals surface area (Å²) in [5.41, 5.74) is 1.85. The number of benzene rings is 2. The molecular formula is C21H23FO6. The standard InChI is InChI=1S/C21H23FO6/c1-4-25-20(23)12-27-18-9-8-16(15-7-6-14(3)17(22)10-15)11-19(18)28-13-21(24)26-5-2/h6-11H,4-5,12-13H2,1-3H3. The third-order valence-electron chi connectivity index (χ3n) is 3.75. The van der Waals surface area contributed by atoms with Crippen LogP contribution in [0.1, 0.15) is 19.4 Å². The van der Waals surface area contributed by atoms with Crippen LogP contribution in [-0.4, -0.2) is 38.4 Å². The predicted octanol–water partition coefficient (Wildman–Crippen LogP) is 3.68. The van der Waals surface area contributed by atoms with Crippen molar-refractivity contribution in [3.63, 3.8) is 0 Å². The molecule has 0 bridgehead atoms. The fraction of sp³-hybridized carbons (Fsp3) is 0.333. The molecule has 0 unspecified atom stereocenters. The Bertz CT molecular complexity index is 834. The van der Waals surface area contributed by atoms with Crippen molar-refractivity contribution in [1.29, 1.82) is 0 Å². The first-order chi connectivity index (χ1) is 13.4. The monoisotopic (exact) mass is 390 g/mol. The molecule has 0 atom stereocenters. The van der Waals surface area contributed by atoms with Gasteiger partial charge in [0.1, 0.15) is 5.82 Å². The normalized spacial score (nSPS) is 10.3. The van der Waals surface area contributed by atoms with Crippen molar-refractivity contribution in [3.8, 4) is 22.6 Å². The van der Waals surface area contributed by atoms with E-state index < -0.39 is 11.9 Å². The van der Waals surface area contributed by atoms with Gasteiger partial charge in [-0.1, -0.05) is 18.2 Å². The van der Waals surface area contributed by atoms with Gasteiger partial charge in [0.15, 0.2) is 24.7 Å². The van der Waals surface area contributed by atoms with Crippen LogP contribution in [0, 0.1) is 12.7 Å². The molecule has 0 amide bonds. The van der Waals surface area contributed by atoms with Crippen LogP contribution in [0.4, 0.5) is 4.39 Å². The van der Waals surface area contributed by atoms with Gasteiger partial charge in [0.2, 0.25) is 0 Å². The first-order valence-electron chi connectivity index (χ1n) is 8.92. The molecule has 0 aliphatic rings. The highest BCUT2D eigenvalue weighted by Gasteiger charge is 2.13. The molecule has 0 aliphatic heterocycles. The second-order valence-electron chi connectivity index (χ2n) is 5.81. The highest BCUT2D eigenvalue weighted by atomic mass is 19.1. The second kappa shape index (κ2) is 10.3. The van der Waals surface area contributed by atoms with E-state index in [0.717, 1.165) is 0 Å². The van der Waals surface area contributed by atoms with Gasteiger partial charge in [-0.05, 0) is 55.7 Å². The van der Waals surface area contributed by atoms with E-state index in [1.54, 1.807) is 51.1 Å². The van der Waals surface area contributed by atoms with Gasteiger partial charge >= 0.3 is 11.9 Å². The van der Waals surface area contributed by atoms with E-state index in [1.807, 2.05) is 0 Å². The molecule has 0 aromatic heterocycles. The Hall–Kier alpha value is -3.09. The molecule has 0 radical (unpaired) electrons. The molecule has 6 nitrogen and oxygen atoms in total. The van der Waals surface area contributed by atoms with E-state index in [-0.39, 0.29) is 43.7 Å². The highest BCUT2D eigenvalue weighted by Crippen LogP contribution is 2.33. The Kier molecular flexibility index (Phi) is 7.80. The molecule has 2 aromatic carbocycles. The minimum Gasteiger partial charge on any atom is -0.478 e. The zero-order valence-electron chi connectivity index (χ0n) is 16.1. The third kappa shape index (κ3) is 5.97. The van der Waals surface area contributed by atoms with Crippen molar-refractivity contribution in [2.45, 2.75) is 20.8 Å². The first kappa shape index (κ1) is 21.2. The fourth-order valence-electron chi connectivity index (χ4n) is 2.37. The number of carbonyl (C=O) groups is 2. The molecule has 0 spiro atoms. The van der Waals surface area contributed by atoms with Gasteiger partial charge in [-0.2, -0.15) is 0 Å². The molecular weight excluding hydrogens is 367 g/mol. The number of carbonyl (C=O) groups excluding carboxylic acids is 2. The van der Waals surface area contributed by atoms with Crippen LogP contribution in [0.5, 0.6) is 11.5 Å². The van der Waals surface area contributed by atoms with Crippen LogP contribution in [0.3, 0.4) is 0 Å². The van der Waals surface area contributed by atoms with Gasteiger partial charge in [-0.25, -0.2) is 14.0 Å². The molecule has 7 heteroatoms. The average molecular weight is 390 g/mol. The Labute approximate surface area is 163 Å². The fourth-order valence-corrected chi connectivity index (χ4v) is 2.37. The quantitative estimate of drug-likeness (QED) is 0.608. The van der Waals surface area contributed by atoms with E-state index in [1.165, 1.54) is 6.07 Å². The van der Waals surface area contributed by atoms with E-state index in [2.05, 4.69) is 0 Å². The smallest absolute Gasteiger partial charge is 0.344 e. The number of hydrogen-bond acceptors (Lipinski definition) is 6. The Morgan fingerprint density at radius 2 is 1.36 bits per heavy atom. The van der Waals surface area contributed by atoms with Crippen LogP contribution < -0.4 is 9.47 Å². The predicted molar refractivity (Wildman–Crippen MR) is 101 cm³/mol. The van der Waals surface area contributed by atoms with Gasteiger partial charge in [0.25, 0.3) is 0 Å². The molecule has 150 valence electrons. The largest absolute Gasteiger partial charge is 0.478 e. The zero-order chi connectivity index (χ0) is 20.5. The van der Waals surface area contributed by atoms with Gasteiger partial charge in [-0.3, -0.25) is 0 Å². The molecule has 0 heterocycles. The van der Waals surface area contributed by atoms with Crippen LogP contribution >= 0.6 is 0 Å². The van der Waals surface area contributed by atoms with Gasteiger partial charge < -0.3 is 18.9 Å². The number of hydrogen-bond donors (Lipinski definition) is 0. The molecule has 2 rings (SSSR count). The summed E-state index contributed by atoms with van der Waals surface area (Å²) in [6.45, 7) is 4.92. The summed E-state index contributed by atoms with van der Waals surface area (Å²) < 4.78 is 34.5. The summed E-state index contributed by atoms with van der Waals surface area (Å²) in [6, 6.07) is 9.79. The Morgan fingerprint density at radius 3 is 1.93 bits per heavy atom. The van der Waals surface area contributed by atoms with Crippen LogP contribution in [0.25, 0.3) is 11.1 Å². The van der Waals surface area contributed by atoms with Crippen molar-refractivity contribution in [1.82, 2.24) is 0 Å². The number of ether oxygens (including phenoxy) is 4. The minimum absolute atomic E-state index is 0.232. The average Bonchev–Trinajstić information content (AvgIpc) is 2.67. The van der Waals surface area contributed by atoms with E-state index in [9.17, 15) is 14.0 Å². The van der Waals surface area contributed by atoms with E-state index >= 15 is 0 Å². The molecule has 0 aliphatic carbocycles. The van der Waals surface area contributed by atoms with Crippen molar-refractivity contribution in [2.24, 2.45) is 0 Å². The molecule has 2 aromatic rings. The van der Waals surface area contributed by atoms with Crippen molar-refractivity contribution in [2.75, 3.05) is 26.4 Å². The third-order valence-corrected chi connectivity index (χ3v) is 3.75. The lowest BCUT2D eigenvalue weighted by Crippen LogP contribution is -2.17. The molecule has 0 N–H and O–H groups in total. The molecule has 28 heavy (non-hydrogen) atoms. The topological polar surface area (TPSA) is 71.1 Å². The Balaban J connectivity index is 2.26. The minimum atomic E-state index is -0.536. The van der Waals surface area contributed by atoms with E-state index in [4.69, 9.17) is 18.9 Å². The van der Waals surface area contributed by atoms with Crippen LogP contribution in [0.15, 0.2) is 36.4 Å². The summed E-state index contributed by atoms with van der Waals surface area (Å²) in [6.07, 6.45) is 0. The van der Waals surface area contributed by atoms with E-state index in [0.29, 0.717) is 16.7 Å². The second-order valence-corrected chi connectivity index (χ2v) is 5.81. The molecule has 0 saturated heterocycles. The number of aryl methyl sites for hydroxylation is 1. The maximum Gasteiger partial charge on any atom is 0.344 e. The lowest BCUT2D eigenvalue weighted by Gasteiger charge is -2.14. The highest BCUT2D eigenvalue weighted by molar-refractivity contribution is 5.73.